The Morgan fingerprint density at radius 3 is 1.95 bits per heavy atom. The van der Waals surface area contributed by atoms with Crippen LogP contribution in [-0.4, -0.2) is 11.8 Å². The summed E-state index contributed by atoms with van der Waals surface area (Å²) in [7, 11) is 0. The van der Waals surface area contributed by atoms with Crippen molar-refractivity contribution in [3.05, 3.63) is 58.3 Å². The van der Waals surface area contributed by atoms with Gasteiger partial charge >= 0.3 is 11.8 Å². The fourth-order valence-electron chi connectivity index (χ4n) is 1.48. The third-order valence-electron chi connectivity index (χ3n) is 2.49. The quantitative estimate of drug-likeness (QED) is 0.826. The average Bonchev–Trinajstić information content (AvgIpc) is 2.45. The normalized spacial score (nSPS) is 10.0. The lowest BCUT2D eigenvalue weighted by molar-refractivity contribution is -0.132. The summed E-state index contributed by atoms with van der Waals surface area (Å²) in [6, 6.07) is 9.88. The van der Waals surface area contributed by atoms with Crippen LogP contribution in [0.1, 0.15) is 0 Å². The van der Waals surface area contributed by atoms with E-state index in [1.165, 1.54) is 12.1 Å². The Kier molecular flexibility index (Phi) is 4.77. The number of carbonyl (C=O) groups is 2. The second-order valence-corrected chi connectivity index (χ2v) is 4.89. The first-order chi connectivity index (χ1) is 9.95. The largest absolute Gasteiger partial charge is 0.318 e. The van der Waals surface area contributed by atoms with Gasteiger partial charge in [0.05, 0.1) is 5.02 Å². The number of benzene rings is 2. The molecular formula is C14H9Cl2FN2O2. The van der Waals surface area contributed by atoms with E-state index < -0.39 is 17.6 Å². The number of halogens is 3. The third-order valence-corrected chi connectivity index (χ3v) is 3.03. The predicted octanol–water partition coefficient (Wildman–Crippen LogP) is 3.71. The molecule has 0 aliphatic carbocycles. The van der Waals surface area contributed by atoms with E-state index in [2.05, 4.69) is 10.6 Å². The van der Waals surface area contributed by atoms with Crippen LogP contribution < -0.4 is 10.6 Å². The molecule has 0 heterocycles. The van der Waals surface area contributed by atoms with E-state index >= 15 is 0 Å². The van der Waals surface area contributed by atoms with Crippen LogP contribution in [0.15, 0.2) is 42.5 Å². The Morgan fingerprint density at radius 1 is 0.857 bits per heavy atom. The smallest absolute Gasteiger partial charge is 0.314 e. The maximum absolute atomic E-state index is 13.0. The number of anilines is 2. The molecule has 0 unspecified atom stereocenters. The van der Waals surface area contributed by atoms with Crippen LogP contribution in [0.25, 0.3) is 0 Å². The molecule has 0 saturated heterocycles. The van der Waals surface area contributed by atoms with Crippen LogP contribution in [0.4, 0.5) is 15.8 Å². The van der Waals surface area contributed by atoms with Gasteiger partial charge in [-0.3, -0.25) is 9.59 Å². The second-order valence-electron chi connectivity index (χ2n) is 4.04. The first-order valence-corrected chi connectivity index (χ1v) is 6.54. The van der Waals surface area contributed by atoms with Crippen molar-refractivity contribution in [2.24, 2.45) is 0 Å². The van der Waals surface area contributed by atoms with Gasteiger partial charge in [0, 0.05) is 16.4 Å². The molecule has 2 rings (SSSR count). The molecule has 108 valence electrons. The van der Waals surface area contributed by atoms with Crippen LogP contribution in [-0.2, 0) is 9.59 Å². The Labute approximate surface area is 129 Å². The van der Waals surface area contributed by atoms with Crippen LogP contribution >= 0.6 is 23.2 Å². The van der Waals surface area contributed by atoms with Gasteiger partial charge in [0.2, 0.25) is 0 Å². The first-order valence-electron chi connectivity index (χ1n) is 5.78. The molecule has 0 radical (unpaired) electrons. The van der Waals surface area contributed by atoms with Crippen LogP contribution in [0.3, 0.4) is 0 Å². The Morgan fingerprint density at radius 2 is 1.38 bits per heavy atom. The van der Waals surface area contributed by atoms with Crippen molar-refractivity contribution < 1.29 is 14.0 Å². The standard InChI is InChI=1S/C14H9Cl2FN2O2/c15-8-1-3-9(4-2-8)18-13(20)14(21)19-10-5-6-12(17)11(16)7-10/h1-7H,(H,18,20)(H,19,21). The molecular weight excluding hydrogens is 318 g/mol. The number of nitrogens with one attached hydrogen (secondary N) is 2. The van der Waals surface area contributed by atoms with Gasteiger partial charge in [0.25, 0.3) is 0 Å². The molecule has 0 atom stereocenters. The lowest BCUT2D eigenvalue weighted by Crippen LogP contribution is -2.29. The Bertz CT molecular complexity index is 690. The predicted molar refractivity (Wildman–Crippen MR) is 80.1 cm³/mol. The van der Waals surface area contributed by atoms with E-state index in [1.807, 2.05) is 0 Å². The van der Waals surface area contributed by atoms with Crippen LogP contribution in [0.2, 0.25) is 10.0 Å². The summed E-state index contributed by atoms with van der Waals surface area (Å²) in [6.07, 6.45) is 0. The maximum atomic E-state index is 13.0. The molecule has 0 fully saturated rings. The minimum Gasteiger partial charge on any atom is -0.318 e. The highest BCUT2D eigenvalue weighted by atomic mass is 35.5. The molecule has 0 bridgehead atoms. The minimum absolute atomic E-state index is 0.147. The highest BCUT2D eigenvalue weighted by Crippen LogP contribution is 2.19. The summed E-state index contributed by atoms with van der Waals surface area (Å²) in [4.78, 5) is 23.4. The summed E-state index contributed by atoms with van der Waals surface area (Å²) in [5, 5.41) is 5.08. The summed E-state index contributed by atoms with van der Waals surface area (Å²) in [5.41, 5.74) is 0.648. The number of rotatable bonds is 2. The molecule has 0 aliphatic rings. The van der Waals surface area contributed by atoms with E-state index in [4.69, 9.17) is 23.2 Å². The average molecular weight is 327 g/mol. The maximum Gasteiger partial charge on any atom is 0.314 e. The van der Waals surface area contributed by atoms with Gasteiger partial charge in [-0.1, -0.05) is 23.2 Å². The van der Waals surface area contributed by atoms with E-state index in [0.29, 0.717) is 10.7 Å². The van der Waals surface area contributed by atoms with E-state index in [0.717, 1.165) is 6.07 Å². The molecule has 0 aromatic heterocycles. The Hall–Kier alpha value is -2.11. The van der Waals surface area contributed by atoms with Crippen LogP contribution in [0.5, 0.6) is 0 Å². The van der Waals surface area contributed by atoms with E-state index in [1.54, 1.807) is 24.3 Å². The van der Waals surface area contributed by atoms with Crippen molar-refractivity contribution in [3.8, 4) is 0 Å². The number of hydrogen-bond acceptors (Lipinski definition) is 2. The lowest BCUT2D eigenvalue weighted by atomic mass is 10.3. The molecule has 0 aliphatic heterocycles. The van der Waals surface area contributed by atoms with Gasteiger partial charge < -0.3 is 10.6 Å². The minimum atomic E-state index is -0.896. The zero-order chi connectivity index (χ0) is 15.4. The topological polar surface area (TPSA) is 58.2 Å². The first kappa shape index (κ1) is 15.3. The van der Waals surface area contributed by atoms with Crippen molar-refractivity contribution in [2.75, 3.05) is 10.6 Å². The molecule has 2 amide bonds. The molecule has 2 aromatic rings. The van der Waals surface area contributed by atoms with E-state index in [-0.39, 0.29) is 10.7 Å². The van der Waals surface area contributed by atoms with Gasteiger partial charge in [-0.15, -0.1) is 0 Å². The SMILES string of the molecule is O=C(Nc1ccc(Cl)cc1)C(=O)Nc1ccc(F)c(Cl)c1. The van der Waals surface area contributed by atoms with E-state index in [9.17, 15) is 14.0 Å². The molecule has 21 heavy (non-hydrogen) atoms. The zero-order valence-corrected chi connectivity index (χ0v) is 12.0. The molecule has 7 heteroatoms. The number of carbonyl (C=O) groups excluding carboxylic acids is 2. The van der Waals surface area contributed by atoms with Crippen molar-refractivity contribution in [1.29, 1.82) is 0 Å². The van der Waals surface area contributed by atoms with Crippen LogP contribution in [0, 0.1) is 5.82 Å². The molecule has 2 N–H and O–H groups in total. The fourth-order valence-corrected chi connectivity index (χ4v) is 1.79. The van der Waals surface area contributed by atoms with Gasteiger partial charge in [0.15, 0.2) is 0 Å². The summed E-state index contributed by atoms with van der Waals surface area (Å²) in [5.74, 6) is -2.37. The number of hydrogen-bond donors (Lipinski definition) is 2. The second kappa shape index (κ2) is 6.56. The van der Waals surface area contributed by atoms with Gasteiger partial charge in [-0.25, -0.2) is 4.39 Å². The zero-order valence-electron chi connectivity index (χ0n) is 10.5. The van der Waals surface area contributed by atoms with Crippen molar-refractivity contribution in [2.45, 2.75) is 0 Å². The summed E-state index contributed by atoms with van der Waals surface area (Å²) in [6.45, 7) is 0. The number of amides is 2. The lowest BCUT2D eigenvalue weighted by Gasteiger charge is -2.07. The Balaban J connectivity index is 2.00. The van der Waals surface area contributed by atoms with Crippen molar-refractivity contribution >= 4 is 46.4 Å². The fraction of sp³-hybridized carbons (Fsp3) is 0. The van der Waals surface area contributed by atoms with Gasteiger partial charge in [-0.05, 0) is 42.5 Å². The molecule has 4 nitrogen and oxygen atoms in total. The summed E-state index contributed by atoms with van der Waals surface area (Å²) < 4.78 is 13.0. The molecule has 2 aromatic carbocycles. The molecule has 0 spiro atoms. The highest BCUT2D eigenvalue weighted by molar-refractivity contribution is 6.43. The molecule has 0 saturated carbocycles. The monoisotopic (exact) mass is 326 g/mol. The van der Waals surface area contributed by atoms with Gasteiger partial charge in [-0.2, -0.15) is 0 Å². The summed E-state index contributed by atoms with van der Waals surface area (Å²) >= 11 is 11.3. The van der Waals surface area contributed by atoms with Gasteiger partial charge in [0.1, 0.15) is 5.82 Å². The van der Waals surface area contributed by atoms with Crippen molar-refractivity contribution in [1.82, 2.24) is 0 Å². The third kappa shape index (κ3) is 4.18. The highest BCUT2D eigenvalue weighted by Gasteiger charge is 2.14. The van der Waals surface area contributed by atoms with Crippen molar-refractivity contribution in [3.63, 3.8) is 0 Å².